The van der Waals surface area contributed by atoms with Crippen LogP contribution in [0.25, 0.3) is 0 Å². The summed E-state index contributed by atoms with van der Waals surface area (Å²) in [6.45, 7) is 2.13. The maximum absolute atomic E-state index is 10.3. The van der Waals surface area contributed by atoms with Crippen LogP contribution in [0.5, 0.6) is 0 Å². The lowest BCUT2D eigenvalue weighted by molar-refractivity contribution is -0.137. The monoisotopic (exact) mass is 318 g/mol. The summed E-state index contributed by atoms with van der Waals surface area (Å²) in [5.74, 6) is -0.819. The molecule has 0 spiro atoms. The number of carboxylic acid groups (broad SMARTS) is 1. The van der Waals surface area contributed by atoms with Gasteiger partial charge in [-0.3, -0.25) is 4.79 Å². The number of hydrogen-bond donors (Lipinski definition) is 2. The van der Waals surface area contributed by atoms with Gasteiger partial charge in [0.1, 0.15) is 0 Å². The van der Waals surface area contributed by atoms with E-state index in [0.717, 1.165) is 25.7 Å². The van der Waals surface area contributed by atoms with Gasteiger partial charge in [-0.1, -0.05) is 67.7 Å². The molecule has 0 saturated carbocycles. The largest absolute Gasteiger partial charge is 0.481 e. The molecule has 0 radical (unpaired) electrons. The molecule has 1 atom stereocenters. The van der Waals surface area contributed by atoms with E-state index in [-0.39, 0.29) is 6.42 Å². The smallest absolute Gasteiger partial charge is 0.303 e. The second-order valence-electron chi connectivity index (χ2n) is 5.20. The number of rotatable bonds is 13. The summed E-state index contributed by atoms with van der Waals surface area (Å²) < 4.78 is 0. The molecule has 23 heavy (non-hydrogen) atoms. The molecule has 0 bridgehead atoms. The van der Waals surface area contributed by atoms with Crippen molar-refractivity contribution in [3.8, 4) is 0 Å². The van der Waals surface area contributed by atoms with Crippen molar-refractivity contribution in [3.63, 3.8) is 0 Å². The van der Waals surface area contributed by atoms with Crippen molar-refractivity contribution >= 4 is 5.97 Å². The second-order valence-corrected chi connectivity index (χ2v) is 5.20. The minimum atomic E-state index is -0.819. The van der Waals surface area contributed by atoms with Crippen LogP contribution < -0.4 is 0 Å². The minimum Gasteiger partial charge on any atom is -0.481 e. The number of aliphatic hydroxyl groups is 1. The lowest BCUT2D eigenvalue weighted by atomic mass is 10.1. The molecule has 0 aliphatic rings. The molecule has 128 valence electrons. The molecule has 0 amide bonds. The predicted molar refractivity (Wildman–Crippen MR) is 97.3 cm³/mol. The molecule has 0 aromatic rings. The summed E-state index contributed by atoms with van der Waals surface area (Å²) in [5, 5.41) is 18.1. The van der Waals surface area contributed by atoms with Crippen molar-refractivity contribution in [1.29, 1.82) is 0 Å². The SMILES string of the molecule is CC/C=C\C/C=C\C/C=C\C/C=C\C=C\[C@@H](O)CCCC(=O)O. The van der Waals surface area contributed by atoms with E-state index in [1.54, 1.807) is 12.2 Å². The van der Waals surface area contributed by atoms with Gasteiger partial charge in [0.05, 0.1) is 6.10 Å². The molecule has 0 unspecified atom stereocenters. The molecule has 3 nitrogen and oxygen atoms in total. The van der Waals surface area contributed by atoms with E-state index in [9.17, 15) is 9.90 Å². The molecule has 2 N–H and O–H groups in total. The van der Waals surface area contributed by atoms with Crippen LogP contribution in [0.3, 0.4) is 0 Å². The standard InChI is InChI=1S/C20H30O3/c1-2-3-4-5-6-7-8-9-10-11-12-13-14-16-19(21)17-15-18-20(22)23/h3-4,6-7,9-10,12-14,16,19,21H,2,5,8,11,15,17-18H2,1H3,(H,22,23)/b4-3-,7-6-,10-9-,13-12-,16-14+/t19-/m1/s1. The summed E-state index contributed by atoms with van der Waals surface area (Å²) >= 11 is 0. The fourth-order valence-corrected chi connectivity index (χ4v) is 1.79. The Bertz CT molecular complexity index is 428. The van der Waals surface area contributed by atoms with Gasteiger partial charge in [0, 0.05) is 6.42 Å². The van der Waals surface area contributed by atoms with Crippen LogP contribution in [0.15, 0.2) is 60.8 Å². The van der Waals surface area contributed by atoms with Gasteiger partial charge in [0.25, 0.3) is 0 Å². The third-order valence-corrected chi connectivity index (χ3v) is 3.02. The number of aliphatic hydroxyl groups excluding tert-OH is 1. The number of aliphatic carboxylic acids is 1. The molecule has 0 aromatic heterocycles. The van der Waals surface area contributed by atoms with Crippen molar-refractivity contribution in [3.05, 3.63) is 60.8 Å². The van der Waals surface area contributed by atoms with Gasteiger partial charge in [-0.2, -0.15) is 0 Å². The lowest BCUT2D eigenvalue weighted by Gasteiger charge is -2.02. The van der Waals surface area contributed by atoms with E-state index in [1.807, 2.05) is 12.2 Å². The first-order valence-corrected chi connectivity index (χ1v) is 8.35. The molecular formula is C20H30O3. The van der Waals surface area contributed by atoms with E-state index >= 15 is 0 Å². The Morgan fingerprint density at radius 1 is 0.913 bits per heavy atom. The Kier molecular flexibility index (Phi) is 15.2. The Balaban J connectivity index is 3.65. The van der Waals surface area contributed by atoms with E-state index in [2.05, 4.69) is 43.4 Å². The van der Waals surface area contributed by atoms with Crippen LogP contribution in [0.1, 0.15) is 51.9 Å². The average Bonchev–Trinajstić information content (AvgIpc) is 2.51. The highest BCUT2D eigenvalue weighted by molar-refractivity contribution is 5.66. The number of allylic oxidation sites excluding steroid dienone is 9. The van der Waals surface area contributed by atoms with Gasteiger partial charge >= 0.3 is 5.97 Å². The van der Waals surface area contributed by atoms with E-state index in [1.165, 1.54) is 0 Å². The highest BCUT2D eigenvalue weighted by Gasteiger charge is 2.01. The Morgan fingerprint density at radius 2 is 1.48 bits per heavy atom. The van der Waals surface area contributed by atoms with Gasteiger partial charge < -0.3 is 10.2 Å². The second kappa shape index (κ2) is 16.5. The Morgan fingerprint density at radius 3 is 2.04 bits per heavy atom. The molecule has 0 aliphatic carbocycles. The van der Waals surface area contributed by atoms with E-state index in [4.69, 9.17) is 5.11 Å². The lowest BCUT2D eigenvalue weighted by Crippen LogP contribution is -2.03. The summed E-state index contributed by atoms with van der Waals surface area (Å²) in [6.07, 6.45) is 24.7. The summed E-state index contributed by atoms with van der Waals surface area (Å²) in [7, 11) is 0. The van der Waals surface area contributed by atoms with Gasteiger partial charge in [0.15, 0.2) is 0 Å². The zero-order valence-corrected chi connectivity index (χ0v) is 14.1. The summed E-state index contributed by atoms with van der Waals surface area (Å²) in [5.41, 5.74) is 0. The van der Waals surface area contributed by atoms with Crippen LogP contribution in [-0.4, -0.2) is 22.3 Å². The molecule has 0 saturated heterocycles. The van der Waals surface area contributed by atoms with Gasteiger partial charge in [0.2, 0.25) is 0 Å². The summed E-state index contributed by atoms with van der Waals surface area (Å²) in [6, 6.07) is 0. The highest BCUT2D eigenvalue weighted by atomic mass is 16.4. The maximum atomic E-state index is 10.3. The third kappa shape index (κ3) is 18.1. The first kappa shape index (κ1) is 21.1. The average molecular weight is 318 g/mol. The third-order valence-electron chi connectivity index (χ3n) is 3.02. The maximum Gasteiger partial charge on any atom is 0.303 e. The Labute approximate surface area is 140 Å². The summed E-state index contributed by atoms with van der Waals surface area (Å²) in [4.78, 5) is 10.3. The number of carboxylic acids is 1. The number of carbonyl (C=O) groups is 1. The first-order chi connectivity index (χ1) is 11.2. The van der Waals surface area contributed by atoms with Gasteiger partial charge in [-0.15, -0.1) is 0 Å². The van der Waals surface area contributed by atoms with Gasteiger partial charge in [-0.05, 0) is 38.5 Å². The molecule has 0 heterocycles. The zero-order chi connectivity index (χ0) is 17.2. The van der Waals surface area contributed by atoms with Crippen LogP contribution >= 0.6 is 0 Å². The topological polar surface area (TPSA) is 57.5 Å². The van der Waals surface area contributed by atoms with Gasteiger partial charge in [-0.25, -0.2) is 0 Å². The molecule has 0 aromatic carbocycles. The zero-order valence-electron chi connectivity index (χ0n) is 14.1. The van der Waals surface area contributed by atoms with Crippen molar-refractivity contribution in [2.24, 2.45) is 0 Å². The highest BCUT2D eigenvalue weighted by Crippen LogP contribution is 2.02. The quantitative estimate of drug-likeness (QED) is 0.372. The predicted octanol–water partition coefficient (Wildman–Crippen LogP) is 4.96. The van der Waals surface area contributed by atoms with Crippen molar-refractivity contribution in [1.82, 2.24) is 0 Å². The molecule has 3 heteroatoms. The van der Waals surface area contributed by atoms with Crippen molar-refractivity contribution < 1.29 is 15.0 Å². The molecular weight excluding hydrogens is 288 g/mol. The van der Waals surface area contributed by atoms with Crippen LogP contribution in [0.4, 0.5) is 0 Å². The van der Waals surface area contributed by atoms with E-state index in [0.29, 0.717) is 12.8 Å². The molecule has 0 aliphatic heterocycles. The van der Waals surface area contributed by atoms with E-state index < -0.39 is 12.1 Å². The van der Waals surface area contributed by atoms with Crippen LogP contribution in [0, 0.1) is 0 Å². The van der Waals surface area contributed by atoms with Crippen molar-refractivity contribution in [2.75, 3.05) is 0 Å². The fraction of sp³-hybridized carbons (Fsp3) is 0.450. The fourth-order valence-electron chi connectivity index (χ4n) is 1.79. The minimum absolute atomic E-state index is 0.106. The van der Waals surface area contributed by atoms with Crippen molar-refractivity contribution in [2.45, 2.75) is 58.0 Å². The number of hydrogen-bond acceptors (Lipinski definition) is 2. The Hall–Kier alpha value is -1.87. The normalized spacial score (nSPS) is 14.2. The van der Waals surface area contributed by atoms with Crippen LogP contribution in [0.2, 0.25) is 0 Å². The first-order valence-electron chi connectivity index (χ1n) is 8.35. The molecule has 0 rings (SSSR count). The molecule has 0 fully saturated rings. The van der Waals surface area contributed by atoms with Crippen LogP contribution in [-0.2, 0) is 4.79 Å².